The zero-order chi connectivity index (χ0) is 12.3. The number of rotatable bonds is 4. The van der Waals surface area contributed by atoms with Crippen LogP contribution in [-0.4, -0.2) is 33.8 Å². The topological polar surface area (TPSA) is 95.6 Å². The number of carboxylic acid groups (broad SMARTS) is 1. The molecule has 1 saturated carbocycles. The van der Waals surface area contributed by atoms with Crippen LogP contribution in [0.5, 0.6) is 0 Å². The highest BCUT2D eigenvalue weighted by Crippen LogP contribution is 2.24. The van der Waals surface area contributed by atoms with Gasteiger partial charge in [-0.3, -0.25) is 0 Å². The SMILES string of the molecule is O=C(O)c1coc(NCC2CCCCC2O)n1. The highest BCUT2D eigenvalue weighted by molar-refractivity contribution is 5.85. The molecule has 1 aromatic heterocycles. The van der Waals surface area contributed by atoms with Gasteiger partial charge in [0.05, 0.1) is 6.10 Å². The van der Waals surface area contributed by atoms with Gasteiger partial charge in [0.1, 0.15) is 6.26 Å². The van der Waals surface area contributed by atoms with Crippen molar-refractivity contribution in [3.63, 3.8) is 0 Å². The molecule has 0 spiro atoms. The van der Waals surface area contributed by atoms with Gasteiger partial charge in [-0.1, -0.05) is 12.8 Å². The van der Waals surface area contributed by atoms with Crippen LogP contribution in [0.2, 0.25) is 0 Å². The molecule has 2 rings (SSSR count). The third-order valence-electron chi connectivity index (χ3n) is 3.11. The van der Waals surface area contributed by atoms with Crippen LogP contribution in [0, 0.1) is 5.92 Å². The molecule has 1 aromatic rings. The van der Waals surface area contributed by atoms with Gasteiger partial charge in [-0.15, -0.1) is 0 Å². The van der Waals surface area contributed by atoms with Gasteiger partial charge < -0.3 is 19.9 Å². The smallest absolute Gasteiger partial charge is 0.357 e. The third-order valence-corrected chi connectivity index (χ3v) is 3.11. The molecule has 3 N–H and O–H groups in total. The maximum absolute atomic E-state index is 10.6. The summed E-state index contributed by atoms with van der Waals surface area (Å²) >= 11 is 0. The van der Waals surface area contributed by atoms with Crippen LogP contribution in [-0.2, 0) is 0 Å². The maximum atomic E-state index is 10.6. The Balaban J connectivity index is 1.86. The number of oxazole rings is 1. The maximum Gasteiger partial charge on any atom is 0.357 e. The molecule has 94 valence electrons. The molecule has 0 aliphatic heterocycles. The molecule has 0 radical (unpaired) electrons. The molecule has 1 aliphatic carbocycles. The molecule has 1 aliphatic rings. The quantitative estimate of drug-likeness (QED) is 0.735. The number of aliphatic hydroxyl groups is 1. The van der Waals surface area contributed by atoms with Gasteiger partial charge in [-0.25, -0.2) is 4.79 Å². The summed E-state index contributed by atoms with van der Waals surface area (Å²) in [7, 11) is 0. The summed E-state index contributed by atoms with van der Waals surface area (Å²) in [5.74, 6) is -0.927. The molecule has 1 heterocycles. The number of nitrogens with one attached hydrogen (secondary N) is 1. The Morgan fingerprint density at radius 3 is 2.94 bits per heavy atom. The van der Waals surface area contributed by atoms with Crippen molar-refractivity contribution >= 4 is 12.0 Å². The van der Waals surface area contributed by atoms with Crippen molar-refractivity contribution in [2.75, 3.05) is 11.9 Å². The summed E-state index contributed by atoms with van der Waals surface area (Å²) in [5.41, 5.74) is -0.114. The molecule has 6 nitrogen and oxygen atoms in total. The second-order valence-electron chi connectivity index (χ2n) is 4.34. The average Bonchev–Trinajstić information content (AvgIpc) is 2.77. The van der Waals surface area contributed by atoms with Gasteiger partial charge in [-0.05, 0) is 12.8 Å². The Labute approximate surface area is 98.7 Å². The largest absolute Gasteiger partial charge is 0.476 e. The number of hydrogen-bond acceptors (Lipinski definition) is 5. The fourth-order valence-corrected chi connectivity index (χ4v) is 2.10. The van der Waals surface area contributed by atoms with E-state index in [0.717, 1.165) is 31.9 Å². The van der Waals surface area contributed by atoms with Gasteiger partial charge in [0.2, 0.25) is 0 Å². The summed E-state index contributed by atoms with van der Waals surface area (Å²) in [6.45, 7) is 0.556. The zero-order valence-electron chi connectivity index (χ0n) is 9.43. The number of carboxylic acids is 1. The first-order valence-corrected chi connectivity index (χ1v) is 5.77. The van der Waals surface area contributed by atoms with Crippen LogP contribution in [0.15, 0.2) is 10.7 Å². The molecular formula is C11H16N2O4. The number of hydrogen-bond donors (Lipinski definition) is 3. The van der Waals surface area contributed by atoms with E-state index < -0.39 is 5.97 Å². The van der Waals surface area contributed by atoms with E-state index in [2.05, 4.69) is 10.3 Å². The minimum Gasteiger partial charge on any atom is -0.476 e. The van der Waals surface area contributed by atoms with E-state index in [0.29, 0.717) is 6.54 Å². The van der Waals surface area contributed by atoms with Crippen LogP contribution in [0.3, 0.4) is 0 Å². The highest BCUT2D eigenvalue weighted by atomic mass is 16.4. The van der Waals surface area contributed by atoms with Crippen LogP contribution >= 0.6 is 0 Å². The minimum absolute atomic E-state index is 0.114. The summed E-state index contributed by atoms with van der Waals surface area (Å²) in [5, 5.41) is 21.3. The second-order valence-corrected chi connectivity index (χ2v) is 4.34. The first kappa shape index (κ1) is 11.9. The van der Waals surface area contributed by atoms with Crippen molar-refractivity contribution in [1.82, 2.24) is 4.98 Å². The van der Waals surface area contributed by atoms with E-state index in [4.69, 9.17) is 9.52 Å². The van der Waals surface area contributed by atoms with E-state index >= 15 is 0 Å². The third kappa shape index (κ3) is 2.97. The molecule has 0 saturated heterocycles. The number of aliphatic hydroxyl groups excluding tert-OH is 1. The van der Waals surface area contributed by atoms with Crippen molar-refractivity contribution in [2.24, 2.45) is 5.92 Å². The normalized spacial score (nSPS) is 24.5. The lowest BCUT2D eigenvalue weighted by atomic mass is 9.86. The van der Waals surface area contributed by atoms with Crippen molar-refractivity contribution in [1.29, 1.82) is 0 Å². The lowest BCUT2D eigenvalue weighted by Crippen LogP contribution is -2.30. The summed E-state index contributed by atoms with van der Waals surface area (Å²) in [6, 6.07) is 0.195. The van der Waals surface area contributed by atoms with Gasteiger partial charge in [0.25, 0.3) is 6.01 Å². The molecule has 1 fully saturated rings. The Morgan fingerprint density at radius 1 is 1.53 bits per heavy atom. The van der Waals surface area contributed by atoms with Crippen LogP contribution in [0.25, 0.3) is 0 Å². The fraction of sp³-hybridized carbons (Fsp3) is 0.636. The first-order valence-electron chi connectivity index (χ1n) is 5.77. The average molecular weight is 240 g/mol. The van der Waals surface area contributed by atoms with Crippen molar-refractivity contribution in [3.8, 4) is 0 Å². The van der Waals surface area contributed by atoms with E-state index in [-0.39, 0.29) is 23.7 Å². The van der Waals surface area contributed by atoms with E-state index in [1.165, 1.54) is 0 Å². The molecule has 2 atom stereocenters. The van der Waals surface area contributed by atoms with Gasteiger partial charge in [0.15, 0.2) is 5.69 Å². The molecule has 0 bridgehead atoms. The summed E-state index contributed by atoms with van der Waals surface area (Å²) in [4.78, 5) is 14.3. The minimum atomic E-state index is -1.11. The van der Waals surface area contributed by atoms with E-state index in [9.17, 15) is 9.90 Å². The fourth-order valence-electron chi connectivity index (χ4n) is 2.10. The second kappa shape index (κ2) is 5.18. The van der Waals surface area contributed by atoms with Crippen LogP contribution < -0.4 is 5.32 Å². The zero-order valence-corrected chi connectivity index (χ0v) is 9.43. The standard InChI is InChI=1S/C11H16N2O4/c14-9-4-2-1-3-7(9)5-12-11-13-8(6-17-11)10(15)16/h6-7,9,14H,1-5H2,(H,12,13)(H,15,16). The number of nitrogens with zero attached hydrogens (tertiary/aromatic N) is 1. The predicted octanol–water partition coefficient (Wildman–Crippen LogP) is 1.34. The molecule has 17 heavy (non-hydrogen) atoms. The number of aromatic carboxylic acids is 1. The lowest BCUT2D eigenvalue weighted by molar-refractivity contribution is 0.0690. The number of aromatic nitrogens is 1. The summed E-state index contributed by atoms with van der Waals surface area (Å²) in [6.07, 6.45) is 4.81. The van der Waals surface area contributed by atoms with Crippen molar-refractivity contribution in [3.05, 3.63) is 12.0 Å². The molecule has 0 aromatic carbocycles. The lowest BCUT2D eigenvalue weighted by Gasteiger charge is -2.27. The number of anilines is 1. The molecule has 6 heteroatoms. The van der Waals surface area contributed by atoms with E-state index in [1.807, 2.05) is 0 Å². The molecular weight excluding hydrogens is 224 g/mol. The first-order chi connectivity index (χ1) is 8.16. The Hall–Kier alpha value is -1.56. The van der Waals surface area contributed by atoms with Gasteiger partial charge in [0, 0.05) is 12.5 Å². The van der Waals surface area contributed by atoms with Gasteiger partial charge >= 0.3 is 5.97 Å². The Kier molecular flexibility index (Phi) is 3.63. The van der Waals surface area contributed by atoms with Crippen molar-refractivity contribution in [2.45, 2.75) is 31.8 Å². The number of carbonyl (C=O) groups is 1. The summed E-state index contributed by atoms with van der Waals surface area (Å²) < 4.78 is 4.97. The molecule has 0 amide bonds. The predicted molar refractivity (Wildman–Crippen MR) is 59.9 cm³/mol. The van der Waals surface area contributed by atoms with Crippen molar-refractivity contribution < 1.29 is 19.4 Å². The van der Waals surface area contributed by atoms with E-state index in [1.54, 1.807) is 0 Å². The highest BCUT2D eigenvalue weighted by Gasteiger charge is 2.23. The van der Waals surface area contributed by atoms with Crippen LogP contribution in [0.1, 0.15) is 36.2 Å². The monoisotopic (exact) mass is 240 g/mol. The van der Waals surface area contributed by atoms with Crippen LogP contribution in [0.4, 0.5) is 6.01 Å². The Bertz CT molecular complexity index is 391. The Morgan fingerprint density at radius 2 is 2.29 bits per heavy atom. The molecule has 2 unspecified atom stereocenters. The van der Waals surface area contributed by atoms with Gasteiger partial charge in [-0.2, -0.15) is 4.98 Å².